The van der Waals surface area contributed by atoms with Crippen LogP contribution in [0.15, 0.2) is 54.6 Å². The van der Waals surface area contributed by atoms with E-state index in [0.29, 0.717) is 0 Å². The number of rotatable bonds is 4. The lowest BCUT2D eigenvalue weighted by Crippen LogP contribution is -2.31. The molecule has 0 aliphatic carbocycles. The van der Waals surface area contributed by atoms with Crippen LogP contribution in [0.3, 0.4) is 0 Å². The Morgan fingerprint density at radius 3 is 1.80 bits per heavy atom. The van der Waals surface area contributed by atoms with E-state index in [1.54, 1.807) is 12.1 Å². The molecule has 0 aromatic heterocycles. The molecule has 0 spiro atoms. The van der Waals surface area contributed by atoms with Crippen molar-refractivity contribution >= 4 is 11.6 Å². The minimum absolute atomic E-state index is 0.0309. The van der Waals surface area contributed by atoms with Crippen LogP contribution in [-0.2, 0) is 0 Å². The number of benzene rings is 2. The Bertz CT molecular complexity index is 552. The molecule has 0 saturated heterocycles. The van der Waals surface area contributed by atoms with Crippen molar-refractivity contribution in [2.24, 2.45) is 0 Å². The summed E-state index contributed by atoms with van der Waals surface area (Å²) < 4.78 is 50.9. The highest BCUT2D eigenvalue weighted by Crippen LogP contribution is 2.41. The maximum absolute atomic E-state index is 13.2. The smallest absolute Gasteiger partial charge is 0.204 e. The van der Waals surface area contributed by atoms with Crippen LogP contribution in [-0.4, -0.2) is 12.3 Å². The lowest BCUT2D eigenvalue weighted by molar-refractivity contribution is -0.130. The Morgan fingerprint density at radius 2 is 1.30 bits per heavy atom. The van der Waals surface area contributed by atoms with Crippen molar-refractivity contribution in [1.29, 1.82) is 0 Å². The van der Waals surface area contributed by atoms with Crippen molar-refractivity contribution in [3.63, 3.8) is 0 Å². The van der Waals surface area contributed by atoms with Gasteiger partial charge in [-0.05, 0) is 16.7 Å². The van der Waals surface area contributed by atoms with Crippen LogP contribution in [0.4, 0.5) is 17.6 Å². The van der Waals surface area contributed by atoms with Crippen LogP contribution in [0.25, 0.3) is 11.1 Å². The van der Waals surface area contributed by atoms with Crippen molar-refractivity contribution in [2.45, 2.75) is 17.7 Å². The molecule has 0 aliphatic rings. The third kappa shape index (κ3) is 2.96. The zero-order valence-electron chi connectivity index (χ0n) is 10.2. The third-order valence-electron chi connectivity index (χ3n) is 2.94. The fourth-order valence-corrected chi connectivity index (χ4v) is 2.05. The lowest BCUT2D eigenvalue weighted by atomic mass is 10.0. The van der Waals surface area contributed by atoms with E-state index in [9.17, 15) is 17.6 Å². The van der Waals surface area contributed by atoms with Crippen molar-refractivity contribution in [2.75, 3.05) is 0 Å². The summed E-state index contributed by atoms with van der Waals surface area (Å²) in [5.41, 5.74) is 1.68. The fourth-order valence-electron chi connectivity index (χ4n) is 1.81. The van der Waals surface area contributed by atoms with Gasteiger partial charge in [0.2, 0.25) is 0 Å². The Balaban J connectivity index is 2.25. The molecule has 1 unspecified atom stereocenters. The molecule has 0 nitrogen and oxygen atoms in total. The molecular weight excluding hydrogens is 292 g/mol. The Morgan fingerprint density at radius 1 is 0.800 bits per heavy atom. The second kappa shape index (κ2) is 5.83. The summed E-state index contributed by atoms with van der Waals surface area (Å²) in [7, 11) is 0. The van der Waals surface area contributed by atoms with E-state index in [4.69, 9.17) is 11.6 Å². The van der Waals surface area contributed by atoms with Gasteiger partial charge < -0.3 is 0 Å². The summed E-state index contributed by atoms with van der Waals surface area (Å²) in [5.74, 6) is -4.25. The van der Waals surface area contributed by atoms with Crippen LogP contribution in [0, 0.1) is 0 Å². The summed E-state index contributed by atoms with van der Waals surface area (Å²) in [5, 5.41) is -2.05. The van der Waals surface area contributed by atoms with Crippen LogP contribution >= 0.6 is 11.6 Å². The lowest BCUT2D eigenvalue weighted by Gasteiger charge is -2.21. The van der Waals surface area contributed by atoms with Gasteiger partial charge in [0.15, 0.2) is 0 Å². The fraction of sp³-hybridized carbons (Fsp3) is 0.200. The van der Waals surface area contributed by atoms with Gasteiger partial charge in [0, 0.05) is 0 Å². The number of alkyl halides is 5. The Labute approximate surface area is 119 Å². The third-order valence-corrected chi connectivity index (χ3v) is 3.48. The predicted octanol–water partition coefficient (Wildman–Crippen LogP) is 5.53. The number of hydrogen-bond acceptors (Lipinski definition) is 0. The second-order valence-corrected chi connectivity index (χ2v) is 4.76. The van der Waals surface area contributed by atoms with E-state index in [0.717, 1.165) is 11.1 Å². The average molecular weight is 303 g/mol. The number of hydrogen-bond donors (Lipinski definition) is 0. The summed E-state index contributed by atoms with van der Waals surface area (Å²) in [6.07, 6.45) is -3.79. The van der Waals surface area contributed by atoms with E-state index in [-0.39, 0.29) is 5.56 Å². The van der Waals surface area contributed by atoms with Gasteiger partial charge in [-0.3, -0.25) is 0 Å². The molecule has 5 heteroatoms. The summed E-state index contributed by atoms with van der Waals surface area (Å²) in [4.78, 5) is 0. The first-order valence-corrected chi connectivity index (χ1v) is 6.32. The first kappa shape index (κ1) is 14.9. The molecule has 0 N–H and O–H groups in total. The van der Waals surface area contributed by atoms with Crippen molar-refractivity contribution < 1.29 is 17.6 Å². The Hall–Kier alpha value is -1.55. The molecule has 0 aliphatic heterocycles. The molecule has 20 heavy (non-hydrogen) atoms. The van der Waals surface area contributed by atoms with E-state index in [1.807, 2.05) is 30.3 Å². The van der Waals surface area contributed by atoms with Gasteiger partial charge in [-0.25, -0.2) is 8.78 Å². The molecular formula is C15H11ClF4. The van der Waals surface area contributed by atoms with Crippen LogP contribution in [0.2, 0.25) is 0 Å². The Kier molecular flexibility index (Phi) is 4.33. The summed E-state index contributed by atoms with van der Waals surface area (Å²) in [6.45, 7) is 0. The van der Waals surface area contributed by atoms with E-state index < -0.39 is 17.7 Å². The molecule has 1 atom stereocenters. The topological polar surface area (TPSA) is 0 Å². The molecule has 0 heterocycles. The molecule has 2 aromatic carbocycles. The van der Waals surface area contributed by atoms with Crippen molar-refractivity contribution in [3.05, 3.63) is 60.2 Å². The minimum atomic E-state index is -4.25. The maximum Gasteiger partial charge on any atom is 0.327 e. The average Bonchev–Trinajstić information content (AvgIpc) is 2.47. The molecule has 0 fully saturated rings. The van der Waals surface area contributed by atoms with Gasteiger partial charge in [-0.2, -0.15) is 8.78 Å². The summed E-state index contributed by atoms with van der Waals surface area (Å²) in [6, 6.07) is 15.1. The van der Waals surface area contributed by atoms with Crippen LogP contribution < -0.4 is 0 Å². The van der Waals surface area contributed by atoms with Crippen LogP contribution in [0.5, 0.6) is 0 Å². The molecule has 2 rings (SSSR count). The molecule has 0 bridgehead atoms. The molecule has 0 radical (unpaired) electrons. The standard InChI is InChI=1S/C15H11ClF4/c16-13(15(19,20)14(17)18)12-8-6-11(7-9-12)10-4-2-1-3-5-10/h1-9,13-14H. The first-order valence-electron chi connectivity index (χ1n) is 5.88. The largest absolute Gasteiger partial charge is 0.327 e. The highest BCUT2D eigenvalue weighted by molar-refractivity contribution is 6.21. The maximum atomic E-state index is 13.2. The van der Waals surface area contributed by atoms with E-state index >= 15 is 0 Å². The monoisotopic (exact) mass is 302 g/mol. The highest BCUT2D eigenvalue weighted by atomic mass is 35.5. The van der Waals surface area contributed by atoms with Crippen molar-refractivity contribution in [1.82, 2.24) is 0 Å². The van der Waals surface area contributed by atoms with Gasteiger partial charge in [-0.15, -0.1) is 11.6 Å². The normalized spacial score (nSPS) is 13.5. The molecule has 0 saturated carbocycles. The van der Waals surface area contributed by atoms with Gasteiger partial charge in [-0.1, -0.05) is 54.6 Å². The molecule has 2 aromatic rings. The van der Waals surface area contributed by atoms with Crippen LogP contribution in [0.1, 0.15) is 10.9 Å². The van der Waals surface area contributed by atoms with Gasteiger partial charge in [0.05, 0.1) is 0 Å². The molecule has 0 amide bonds. The number of halogens is 5. The van der Waals surface area contributed by atoms with Gasteiger partial charge in [0.25, 0.3) is 0 Å². The summed E-state index contributed by atoms with van der Waals surface area (Å²) >= 11 is 5.46. The van der Waals surface area contributed by atoms with Crippen molar-refractivity contribution in [3.8, 4) is 11.1 Å². The highest BCUT2D eigenvalue weighted by Gasteiger charge is 2.48. The minimum Gasteiger partial charge on any atom is -0.204 e. The molecule has 106 valence electrons. The zero-order valence-corrected chi connectivity index (χ0v) is 11.0. The quantitative estimate of drug-likeness (QED) is 0.514. The zero-order chi connectivity index (χ0) is 14.8. The SMILES string of the molecule is FC(F)C(F)(F)C(Cl)c1ccc(-c2ccccc2)cc1. The first-order chi connectivity index (χ1) is 9.43. The second-order valence-electron chi connectivity index (χ2n) is 4.33. The van der Waals surface area contributed by atoms with Gasteiger partial charge >= 0.3 is 12.3 Å². The predicted molar refractivity (Wildman–Crippen MR) is 71.4 cm³/mol. The van der Waals surface area contributed by atoms with Gasteiger partial charge in [0.1, 0.15) is 5.38 Å². The van der Waals surface area contributed by atoms with E-state index in [2.05, 4.69) is 0 Å². The van der Waals surface area contributed by atoms with E-state index in [1.165, 1.54) is 12.1 Å².